The monoisotopic (exact) mass is 281 g/mol. The number of nitrogens with two attached hydrogens (primary N) is 1. The maximum absolute atomic E-state index is 12.6. The Morgan fingerprint density at radius 2 is 2.16 bits per heavy atom. The molecule has 0 spiro atoms. The number of benzene rings is 1. The first kappa shape index (κ1) is 14.3. The van der Waals surface area contributed by atoms with Crippen LogP contribution in [0, 0.1) is 6.92 Å². The number of piperazine rings is 1. The molecule has 1 aliphatic heterocycles. The van der Waals surface area contributed by atoms with Crippen LogP contribution in [0.5, 0.6) is 0 Å². The van der Waals surface area contributed by atoms with Gasteiger partial charge >= 0.3 is 0 Å². The van der Waals surface area contributed by atoms with Crippen molar-refractivity contribution >= 4 is 17.5 Å². The summed E-state index contributed by atoms with van der Waals surface area (Å²) in [6.45, 7) is 4.83. The molecule has 19 heavy (non-hydrogen) atoms. The minimum atomic E-state index is 0.0224. The molecule has 1 aromatic rings. The van der Waals surface area contributed by atoms with Gasteiger partial charge in [-0.05, 0) is 37.7 Å². The number of carbonyl (C=O) groups excluding carboxylic acids is 1. The highest BCUT2D eigenvalue weighted by molar-refractivity contribution is 6.31. The third kappa shape index (κ3) is 3.26. The van der Waals surface area contributed by atoms with Gasteiger partial charge < -0.3 is 15.5 Å². The van der Waals surface area contributed by atoms with Crippen molar-refractivity contribution in [2.45, 2.75) is 13.0 Å². The Bertz CT molecular complexity index is 458. The van der Waals surface area contributed by atoms with Crippen LogP contribution < -0.4 is 5.73 Å². The topological polar surface area (TPSA) is 49.6 Å². The Morgan fingerprint density at radius 1 is 1.42 bits per heavy atom. The first-order chi connectivity index (χ1) is 9.01. The highest BCUT2D eigenvalue weighted by atomic mass is 35.5. The summed E-state index contributed by atoms with van der Waals surface area (Å²) in [4.78, 5) is 16.6. The predicted octanol–water partition coefficient (Wildman–Crippen LogP) is 1.36. The van der Waals surface area contributed by atoms with E-state index in [-0.39, 0.29) is 11.9 Å². The molecule has 4 nitrogen and oxygen atoms in total. The maximum atomic E-state index is 12.6. The summed E-state index contributed by atoms with van der Waals surface area (Å²) >= 11 is 6.02. The normalized spacial score (nSPS) is 20.6. The highest BCUT2D eigenvalue weighted by Gasteiger charge is 2.28. The van der Waals surface area contributed by atoms with Crippen LogP contribution in [0.15, 0.2) is 18.2 Å². The number of aryl methyl sites for hydroxylation is 1. The molecule has 2 N–H and O–H groups in total. The number of likely N-dealkylation sites (N-methyl/N-ethyl adjacent to an activating group) is 1. The van der Waals surface area contributed by atoms with Crippen LogP contribution in [-0.2, 0) is 0 Å². The lowest BCUT2D eigenvalue weighted by atomic mass is 10.1. The van der Waals surface area contributed by atoms with Gasteiger partial charge in [-0.15, -0.1) is 0 Å². The average molecular weight is 282 g/mol. The van der Waals surface area contributed by atoms with Gasteiger partial charge in [-0.1, -0.05) is 11.6 Å². The van der Waals surface area contributed by atoms with Crippen molar-refractivity contribution in [1.29, 1.82) is 0 Å². The van der Waals surface area contributed by atoms with Crippen molar-refractivity contribution in [2.24, 2.45) is 5.73 Å². The Hall–Kier alpha value is -1.10. The second kappa shape index (κ2) is 5.90. The summed E-state index contributed by atoms with van der Waals surface area (Å²) in [5.74, 6) is 0.0224. The molecule has 1 fully saturated rings. The molecule has 0 saturated carbocycles. The Balaban J connectivity index is 2.22. The molecule has 104 valence electrons. The summed E-state index contributed by atoms with van der Waals surface area (Å²) < 4.78 is 0. The fourth-order valence-electron chi connectivity index (χ4n) is 2.51. The van der Waals surface area contributed by atoms with E-state index < -0.39 is 0 Å². The molecular weight excluding hydrogens is 262 g/mol. The van der Waals surface area contributed by atoms with Crippen molar-refractivity contribution in [3.63, 3.8) is 0 Å². The second-order valence-corrected chi connectivity index (χ2v) is 5.60. The van der Waals surface area contributed by atoms with E-state index >= 15 is 0 Å². The number of carbonyl (C=O) groups is 1. The van der Waals surface area contributed by atoms with Gasteiger partial charge in [0.2, 0.25) is 0 Å². The molecule has 1 heterocycles. The van der Waals surface area contributed by atoms with E-state index in [1.807, 2.05) is 31.0 Å². The van der Waals surface area contributed by atoms with Crippen molar-refractivity contribution < 1.29 is 4.79 Å². The molecule has 1 aromatic carbocycles. The number of hydrogen-bond acceptors (Lipinski definition) is 3. The number of halogens is 1. The molecule has 1 atom stereocenters. The number of amides is 1. The molecule has 0 bridgehead atoms. The number of hydrogen-bond donors (Lipinski definition) is 1. The van der Waals surface area contributed by atoms with Crippen LogP contribution >= 0.6 is 11.6 Å². The highest BCUT2D eigenvalue weighted by Crippen LogP contribution is 2.18. The molecule has 1 unspecified atom stereocenters. The molecule has 0 aliphatic carbocycles. The molecule has 2 rings (SSSR count). The lowest BCUT2D eigenvalue weighted by Crippen LogP contribution is -2.56. The van der Waals surface area contributed by atoms with Crippen LogP contribution in [0.25, 0.3) is 0 Å². The van der Waals surface area contributed by atoms with Crippen LogP contribution in [-0.4, -0.2) is 55.0 Å². The van der Waals surface area contributed by atoms with E-state index in [2.05, 4.69) is 4.90 Å². The summed E-state index contributed by atoms with van der Waals surface area (Å²) in [5, 5.41) is 0.599. The third-order valence-electron chi connectivity index (χ3n) is 3.51. The van der Waals surface area contributed by atoms with Gasteiger partial charge in [-0.25, -0.2) is 0 Å². The summed E-state index contributed by atoms with van der Waals surface area (Å²) in [7, 11) is 2.05. The van der Waals surface area contributed by atoms with Gasteiger partial charge in [0.1, 0.15) is 0 Å². The molecular formula is C14H20ClN3O. The molecule has 5 heteroatoms. The van der Waals surface area contributed by atoms with Crippen LogP contribution in [0.3, 0.4) is 0 Å². The minimum absolute atomic E-state index is 0.0224. The predicted molar refractivity (Wildman–Crippen MR) is 77.6 cm³/mol. The van der Waals surface area contributed by atoms with E-state index in [1.54, 1.807) is 6.07 Å². The number of rotatable bonds is 2. The molecule has 1 aliphatic rings. The molecule has 1 amide bonds. The zero-order valence-corrected chi connectivity index (χ0v) is 12.2. The van der Waals surface area contributed by atoms with Crippen LogP contribution in [0.4, 0.5) is 0 Å². The first-order valence-corrected chi connectivity index (χ1v) is 6.86. The fourth-order valence-corrected chi connectivity index (χ4v) is 2.80. The largest absolute Gasteiger partial charge is 0.332 e. The fraction of sp³-hybridized carbons (Fsp3) is 0.500. The SMILES string of the molecule is Cc1cc(Cl)cc(C(=O)N2CCN(C)CC2CN)c1. The third-order valence-corrected chi connectivity index (χ3v) is 3.73. The zero-order chi connectivity index (χ0) is 14.0. The molecule has 1 saturated heterocycles. The van der Waals surface area contributed by atoms with Gasteiger partial charge in [-0.2, -0.15) is 0 Å². The van der Waals surface area contributed by atoms with Crippen molar-refractivity contribution in [3.8, 4) is 0 Å². The lowest BCUT2D eigenvalue weighted by molar-refractivity contribution is 0.0516. The van der Waals surface area contributed by atoms with Crippen molar-refractivity contribution in [1.82, 2.24) is 9.80 Å². The smallest absolute Gasteiger partial charge is 0.254 e. The summed E-state index contributed by atoms with van der Waals surface area (Å²) in [5.41, 5.74) is 7.43. The van der Waals surface area contributed by atoms with Crippen LogP contribution in [0.1, 0.15) is 15.9 Å². The average Bonchev–Trinajstić information content (AvgIpc) is 2.36. The standard InChI is InChI=1S/C14H20ClN3O/c1-10-5-11(7-12(15)6-10)14(19)18-4-3-17(2)9-13(18)8-16/h5-7,13H,3-4,8-9,16H2,1-2H3. The van der Waals surface area contributed by atoms with Gasteiger partial charge in [0.05, 0.1) is 6.04 Å². The van der Waals surface area contributed by atoms with Gasteiger partial charge in [0.15, 0.2) is 0 Å². The second-order valence-electron chi connectivity index (χ2n) is 5.17. The molecule has 0 radical (unpaired) electrons. The zero-order valence-electron chi connectivity index (χ0n) is 11.4. The van der Waals surface area contributed by atoms with Gasteiger partial charge in [-0.3, -0.25) is 4.79 Å². The first-order valence-electron chi connectivity index (χ1n) is 6.48. The maximum Gasteiger partial charge on any atom is 0.254 e. The summed E-state index contributed by atoms with van der Waals surface area (Å²) in [6.07, 6.45) is 0. The van der Waals surface area contributed by atoms with Crippen molar-refractivity contribution in [3.05, 3.63) is 34.3 Å². The van der Waals surface area contributed by atoms with E-state index in [4.69, 9.17) is 17.3 Å². The Labute approximate surface area is 119 Å². The lowest BCUT2D eigenvalue weighted by Gasteiger charge is -2.39. The van der Waals surface area contributed by atoms with E-state index in [9.17, 15) is 4.79 Å². The molecule has 0 aromatic heterocycles. The Kier molecular flexibility index (Phi) is 4.45. The van der Waals surface area contributed by atoms with E-state index in [0.29, 0.717) is 23.7 Å². The van der Waals surface area contributed by atoms with Crippen molar-refractivity contribution in [2.75, 3.05) is 33.2 Å². The number of nitrogens with zero attached hydrogens (tertiary/aromatic N) is 2. The van der Waals surface area contributed by atoms with Crippen LogP contribution in [0.2, 0.25) is 5.02 Å². The van der Waals surface area contributed by atoms with Gasteiger partial charge in [0, 0.05) is 36.8 Å². The van der Waals surface area contributed by atoms with E-state index in [0.717, 1.165) is 18.7 Å². The minimum Gasteiger partial charge on any atom is -0.332 e. The summed E-state index contributed by atoms with van der Waals surface area (Å²) in [6, 6.07) is 5.52. The van der Waals surface area contributed by atoms with E-state index in [1.165, 1.54) is 0 Å². The quantitative estimate of drug-likeness (QED) is 0.891. The van der Waals surface area contributed by atoms with Gasteiger partial charge in [0.25, 0.3) is 5.91 Å². The Morgan fingerprint density at radius 3 is 2.79 bits per heavy atom.